The van der Waals surface area contributed by atoms with Crippen molar-refractivity contribution in [2.45, 2.75) is 19.4 Å². The maximum atomic E-state index is 12.8. The lowest BCUT2D eigenvalue weighted by atomic mass is 9.80. The van der Waals surface area contributed by atoms with Gasteiger partial charge in [0.1, 0.15) is 0 Å². The summed E-state index contributed by atoms with van der Waals surface area (Å²) < 4.78 is 10.2. The summed E-state index contributed by atoms with van der Waals surface area (Å²) in [5.74, 6) is -1.53. The number of esters is 2. The first-order valence-electron chi connectivity index (χ1n) is 9.59. The molecule has 0 radical (unpaired) electrons. The van der Waals surface area contributed by atoms with Gasteiger partial charge in [0.25, 0.3) is 0 Å². The third-order valence-corrected chi connectivity index (χ3v) is 6.47. The highest BCUT2D eigenvalue weighted by atomic mass is 32.1. The summed E-state index contributed by atoms with van der Waals surface area (Å²) in [6, 6.07) is 14.2. The summed E-state index contributed by atoms with van der Waals surface area (Å²) in [6.07, 6.45) is 1.29. The number of carbonyl (C=O) groups is 2. The van der Waals surface area contributed by atoms with Gasteiger partial charge in [0.15, 0.2) is 0 Å². The molecule has 150 valence electrons. The molecule has 2 aromatic rings. The second kappa shape index (κ2) is 8.25. The Hall–Kier alpha value is -2.86. The number of hydrogen-bond donors (Lipinski definition) is 0. The van der Waals surface area contributed by atoms with E-state index in [2.05, 4.69) is 23.1 Å². The van der Waals surface area contributed by atoms with E-state index in [-0.39, 0.29) is 0 Å². The van der Waals surface area contributed by atoms with Crippen LogP contribution >= 0.6 is 11.3 Å². The molecule has 0 amide bonds. The maximum Gasteiger partial charge on any atom is 0.336 e. The molecule has 1 saturated heterocycles. The number of likely N-dealkylation sites (tertiary alicyclic amines) is 1. The summed E-state index contributed by atoms with van der Waals surface area (Å²) in [5.41, 5.74) is 4.69. The van der Waals surface area contributed by atoms with E-state index in [1.165, 1.54) is 14.2 Å². The number of thiophene rings is 1. The first kappa shape index (κ1) is 19.5. The van der Waals surface area contributed by atoms with Crippen molar-refractivity contribution in [1.82, 2.24) is 4.90 Å². The van der Waals surface area contributed by atoms with Crippen LogP contribution in [0.3, 0.4) is 0 Å². The maximum absolute atomic E-state index is 12.8. The highest BCUT2D eigenvalue weighted by Gasteiger charge is 2.42. The van der Waals surface area contributed by atoms with Crippen molar-refractivity contribution in [2.75, 3.05) is 20.8 Å². The minimum atomic E-state index is -0.667. The molecule has 2 heterocycles. The molecular weight excluding hydrogens is 386 g/mol. The molecule has 1 aromatic heterocycles. The third kappa shape index (κ3) is 3.60. The molecule has 1 aromatic carbocycles. The molecule has 1 fully saturated rings. The summed E-state index contributed by atoms with van der Waals surface area (Å²) in [5, 5.41) is 2.03. The Morgan fingerprint density at radius 1 is 1.07 bits per heavy atom. The Morgan fingerprint density at radius 3 is 2.52 bits per heavy atom. The van der Waals surface area contributed by atoms with Crippen molar-refractivity contribution < 1.29 is 19.1 Å². The summed E-state index contributed by atoms with van der Waals surface area (Å²) in [6.45, 7) is 1.47. The van der Waals surface area contributed by atoms with Crippen molar-refractivity contribution in [3.05, 3.63) is 75.1 Å². The number of benzene rings is 1. The molecule has 2 aliphatic rings. The average Bonchev–Trinajstić information content (AvgIpc) is 3.43. The van der Waals surface area contributed by atoms with Crippen molar-refractivity contribution in [3.63, 3.8) is 0 Å². The highest BCUT2D eigenvalue weighted by molar-refractivity contribution is 7.11. The van der Waals surface area contributed by atoms with Gasteiger partial charge in [-0.1, -0.05) is 36.4 Å². The lowest BCUT2D eigenvalue weighted by Crippen LogP contribution is -2.32. The van der Waals surface area contributed by atoms with E-state index < -0.39 is 17.9 Å². The van der Waals surface area contributed by atoms with Crippen molar-refractivity contribution in [3.8, 4) is 0 Å². The summed E-state index contributed by atoms with van der Waals surface area (Å²) >= 11 is 1.65. The summed E-state index contributed by atoms with van der Waals surface area (Å²) in [4.78, 5) is 28.8. The second-order valence-corrected chi connectivity index (χ2v) is 8.07. The van der Waals surface area contributed by atoms with E-state index in [0.29, 0.717) is 18.5 Å². The van der Waals surface area contributed by atoms with Crippen LogP contribution < -0.4 is 0 Å². The first-order chi connectivity index (χ1) is 14.1. The molecule has 0 spiro atoms. The smallest absolute Gasteiger partial charge is 0.336 e. The fraction of sp³-hybridized carbons (Fsp3) is 0.304. The second-order valence-electron chi connectivity index (χ2n) is 7.13. The van der Waals surface area contributed by atoms with Gasteiger partial charge < -0.3 is 14.4 Å². The fourth-order valence-corrected chi connectivity index (χ4v) is 5.05. The van der Waals surface area contributed by atoms with Gasteiger partial charge in [-0.3, -0.25) is 4.79 Å². The molecular formula is C23H23NO4S. The number of rotatable bonds is 5. The molecule has 29 heavy (non-hydrogen) atoms. The number of carbonyl (C=O) groups excluding carboxylic acids is 2. The monoisotopic (exact) mass is 409 g/mol. The van der Waals surface area contributed by atoms with E-state index in [4.69, 9.17) is 9.47 Å². The molecule has 5 nitrogen and oxygen atoms in total. The van der Waals surface area contributed by atoms with Gasteiger partial charge in [-0.25, -0.2) is 4.79 Å². The van der Waals surface area contributed by atoms with Crippen molar-refractivity contribution in [2.24, 2.45) is 5.92 Å². The molecule has 4 rings (SSSR count). The van der Waals surface area contributed by atoms with Crippen LogP contribution in [0.25, 0.3) is 5.57 Å². The largest absolute Gasteiger partial charge is 0.469 e. The zero-order valence-corrected chi connectivity index (χ0v) is 17.3. The topological polar surface area (TPSA) is 55.8 Å². The summed E-state index contributed by atoms with van der Waals surface area (Å²) in [7, 11) is 2.72. The van der Waals surface area contributed by atoms with Crippen LogP contribution in [0, 0.1) is 5.92 Å². The number of fused-ring (bicyclic) bond motifs is 1. The molecule has 0 N–H and O–H groups in total. The van der Waals surface area contributed by atoms with Crippen molar-refractivity contribution >= 4 is 28.8 Å². The van der Waals surface area contributed by atoms with Gasteiger partial charge in [0.2, 0.25) is 0 Å². The Balaban J connectivity index is 1.87. The Morgan fingerprint density at radius 2 is 1.86 bits per heavy atom. The van der Waals surface area contributed by atoms with Gasteiger partial charge in [-0.05, 0) is 41.0 Å². The predicted octanol–water partition coefficient (Wildman–Crippen LogP) is 4.03. The van der Waals surface area contributed by atoms with E-state index >= 15 is 0 Å². The molecule has 1 atom stereocenters. The average molecular weight is 410 g/mol. The van der Waals surface area contributed by atoms with Crippen LogP contribution in [0.2, 0.25) is 0 Å². The zero-order valence-electron chi connectivity index (χ0n) is 16.5. The van der Waals surface area contributed by atoms with E-state index in [1.54, 1.807) is 11.3 Å². The lowest BCUT2D eigenvalue weighted by Gasteiger charge is -2.30. The number of hydrogen-bond acceptors (Lipinski definition) is 6. The van der Waals surface area contributed by atoms with Crippen molar-refractivity contribution in [1.29, 1.82) is 0 Å². The minimum absolute atomic E-state index is 0.405. The molecule has 1 aliphatic carbocycles. The van der Waals surface area contributed by atoms with Gasteiger partial charge >= 0.3 is 11.9 Å². The van der Waals surface area contributed by atoms with Gasteiger partial charge in [-0.15, -0.1) is 11.3 Å². The van der Waals surface area contributed by atoms with Gasteiger partial charge in [0.05, 0.1) is 31.4 Å². The van der Waals surface area contributed by atoms with Gasteiger partial charge in [0, 0.05) is 18.0 Å². The molecule has 0 saturated carbocycles. The van der Waals surface area contributed by atoms with E-state index in [9.17, 15) is 9.59 Å². The Bertz CT molecular complexity index is 976. The lowest BCUT2D eigenvalue weighted by molar-refractivity contribution is -0.147. The van der Waals surface area contributed by atoms with E-state index in [0.717, 1.165) is 40.2 Å². The number of methoxy groups -OCH3 is 2. The molecule has 1 unspecified atom stereocenters. The first-order valence-corrected chi connectivity index (χ1v) is 10.5. The predicted molar refractivity (Wildman–Crippen MR) is 112 cm³/mol. The SMILES string of the molecule is COC(=O)C1=C2C(=C(c3cccs3)CC1C(=O)OC)CCN2Cc1ccccc1. The number of nitrogens with zero attached hydrogens (tertiary/aromatic N) is 1. The Labute approximate surface area is 174 Å². The molecule has 0 bridgehead atoms. The normalized spacial score (nSPS) is 18.7. The van der Waals surface area contributed by atoms with Gasteiger partial charge in [-0.2, -0.15) is 0 Å². The van der Waals surface area contributed by atoms with Crippen LogP contribution in [-0.2, 0) is 25.6 Å². The zero-order chi connectivity index (χ0) is 20.4. The van der Waals surface area contributed by atoms with Crippen LogP contribution in [-0.4, -0.2) is 37.6 Å². The minimum Gasteiger partial charge on any atom is -0.469 e. The number of allylic oxidation sites excluding steroid dienone is 2. The number of ether oxygens (including phenoxy) is 2. The Kier molecular flexibility index (Phi) is 5.53. The molecule has 6 heteroatoms. The van der Waals surface area contributed by atoms with Crippen LogP contribution in [0.1, 0.15) is 23.3 Å². The standard InChI is InChI=1S/C23H23NO4S/c1-27-22(25)18-13-17(19-9-6-12-29-19)16-10-11-24(14-15-7-4-3-5-8-15)21(16)20(18)23(26)28-2/h3-9,12,18H,10-11,13-14H2,1-2H3. The highest BCUT2D eigenvalue weighted by Crippen LogP contribution is 2.47. The molecule has 1 aliphatic heterocycles. The van der Waals surface area contributed by atoms with Crippen LogP contribution in [0.15, 0.2) is 64.7 Å². The van der Waals surface area contributed by atoms with E-state index in [1.807, 2.05) is 29.6 Å². The quantitative estimate of drug-likeness (QED) is 0.698. The van der Waals surface area contributed by atoms with Crippen LogP contribution in [0.5, 0.6) is 0 Å². The third-order valence-electron chi connectivity index (χ3n) is 5.54. The fourth-order valence-electron chi connectivity index (χ4n) is 4.24. The van der Waals surface area contributed by atoms with Crippen LogP contribution in [0.4, 0.5) is 0 Å².